The molecule has 13 nitrogen and oxygen atoms in total. The van der Waals surface area contributed by atoms with Crippen LogP contribution in [-0.2, 0) is 17.7 Å². The van der Waals surface area contributed by atoms with Crippen LogP contribution in [-0.4, -0.2) is 56.4 Å². The molecule has 0 unspecified atom stereocenters. The van der Waals surface area contributed by atoms with E-state index in [0.717, 1.165) is 50.8 Å². The Morgan fingerprint density at radius 2 is 1.90 bits per heavy atom. The molecule has 3 aliphatic heterocycles. The summed E-state index contributed by atoms with van der Waals surface area (Å²) in [5.41, 5.74) is 4.98. The lowest BCUT2D eigenvalue weighted by Gasteiger charge is -2.46. The zero-order valence-corrected chi connectivity index (χ0v) is 26.5. The van der Waals surface area contributed by atoms with Crippen LogP contribution >= 0.6 is 0 Å². The Morgan fingerprint density at radius 1 is 1.04 bits per heavy atom. The number of pyridine rings is 2. The van der Waals surface area contributed by atoms with Gasteiger partial charge in [-0.1, -0.05) is 6.07 Å². The van der Waals surface area contributed by atoms with E-state index in [1.807, 2.05) is 6.07 Å². The molecule has 244 valence electrons. The molecule has 1 amide bonds. The van der Waals surface area contributed by atoms with Crippen molar-refractivity contribution >= 4 is 22.8 Å². The lowest BCUT2D eigenvalue weighted by atomic mass is 9.68. The maximum atomic E-state index is 13.9. The molecule has 0 atom stereocenters. The monoisotopic (exact) mass is 646 g/mol. The fourth-order valence-electron chi connectivity index (χ4n) is 7.30. The number of nitrogens with one attached hydrogen (secondary N) is 2. The van der Waals surface area contributed by atoms with E-state index in [2.05, 4.69) is 31.9 Å². The summed E-state index contributed by atoms with van der Waals surface area (Å²) in [6, 6.07) is 10.9. The van der Waals surface area contributed by atoms with Gasteiger partial charge in [0.1, 0.15) is 11.9 Å². The Hall–Kier alpha value is -5.35. The molecule has 7 heterocycles. The number of nitriles is 1. The van der Waals surface area contributed by atoms with Crippen LogP contribution in [0, 0.1) is 23.7 Å². The van der Waals surface area contributed by atoms with Gasteiger partial charge in [-0.15, -0.1) is 10.2 Å². The predicted molar refractivity (Wildman–Crippen MR) is 174 cm³/mol. The number of nitrogens with zero attached hydrogens (tertiary/aromatic N) is 6. The molecule has 1 saturated carbocycles. The minimum absolute atomic E-state index is 0.0860. The van der Waals surface area contributed by atoms with Gasteiger partial charge in [-0.2, -0.15) is 5.26 Å². The highest BCUT2D eigenvalue weighted by Gasteiger charge is 2.41. The molecule has 2 saturated heterocycles. The summed E-state index contributed by atoms with van der Waals surface area (Å²) in [5, 5.41) is 24.1. The molecule has 2 N–H and O–H groups in total. The molecule has 2 bridgehead atoms. The Morgan fingerprint density at radius 3 is 2.62 bits per heavy atom. The Balaban J connectivity index is 1.28. The van der Waals surface area contributed by atoms with Crippen LogP contribution in [0.2, 0.25) is 0 Å². The number of aromatic nitrogens is 5. The maximum absolute atomic E-state index is 13.9. The summed E-state index contributed by atoms with van der Waals surface area (Å²) in [5.74, 6) is 0.338. The minimum atomic E-state index is -0.546. The highest BCUT2D eigenvalue weighted by Crippen LogP contribution is 2.47. The van der Waals surface area contributed by atoms with E-state index in [1.54, 1.807) is 31.2 Å². The van der Waals surface area contributed by atoms with E-state index in [1.165, 1.54) is 10.8 Å². The van der Waals surface area contributed by atoms with Gasteiger partial charge in [0.05, 0.1) is 52.9 Å². The molecular formula is C35H34N8O5. The van der Waals surface area contributed by atoms with Crippen molar-refractivity contribution in [3.8, 4) is 28.7 Å². The van der Waals surface area contributed by atoms with Crippen LogP contribution in [0.1, 0.15) is 71.7 Å². The molecule has 5 aromatic rings. The van der Waals surface area contributed by atoms with Crippen LogP contribution < -0.4 is 16.4 Å². The number of fused-ring (bicyclic) bond motifs is 5. The van der Waals surface area contributed by atoms with Crippen LogP contribution in [0.3, 0.4) is 0 Å². The maximum Gasteiger partial charge on any atom is 0.420 e. The van der Waals surface area contributed by atoms with Crippen molar-refractivity contribution in [1.82, 2.24) is 30.0 Å². The number of hydrogen-bond acceptors (Lipinski definition) is 11. The second kappa shape index (κ2) is 12.0. The molecule has 3 fully saturated rings. The highest BCUT2D eigenvalue weighted by molar-refractivity contribution is 6.09. The number of oxazole rings is 1. The van der Waals surface area contributed by atoms with Gasteiger partial charge in [0.25, 0.3) is 5.91 Å². The Bertz CT molecular complexity index is 2120. The smallest absolute Gasteiger partial charge is 0.420 e. The number of ether oxygens (including phenoxy) is 1. The van der Waals surface area contributed by atoms with E-state index >= 15 is 0 Å². The van der Waals surface area contributed by atoms with Crippen molar-refractivity contribution in [2.45, 2.75) is 64.5 Å². The molecule has 1 aliphatic carbocycles. The molecule has 48 heavy (non-hydrogen) atoms. The average Bonchev–Trinajstić information content (AvgIpc) is 3.68. The largest absolute Gasteiger partial charge is 0.421 e. The molecule has 0 spiro atoms. The zero-order chi connectivity index (χ0) is 32.8. The van der Waals surface area contributed by atoms with Crippen LogP contribution in [0.25, 0.3) is 33.7 Å². The molecule has 4 aromatic heterocycles. The van der Waals surface area contributed by atoms with E-state index in [0.29, 0.717) is 81.9 Å². The van der Waals surface area contributed by atoms with E-state index < -0.39 is 5.76 Å². The van der Waals surface area contributed by atoms with Crippen LogP contribution in [0.4, 0.5) is 5.82 Å². The van der Waals surface area contributed by atoms with Gasteiger partial charge >= 0.3 is 5.76 Å². The number of carbonyl (C=O) groups is 1. The first-order chi connectivity index (χ1) is 23.4. The molecule has 13 heteroatoms. The second-order valence-corrected chi connectivity index (χ2v) is 13.0. The topological polar surface area (TPSA) is 174 Å². The van der Waals surface area contributed by atoms with Gasteiger partial charge in [-0.05, 0) is 80.2 Å². The van der Waals surface area contributed by atoms with Crippen molar-refractivity contribution in [2.24, 2.45) is 5.41 Å². The summed E-state index contributed by atoms with van der Waals surface area (Å²) >= 11 is 0. The molecular weight excluding hydrogens is 612 g/mol. The first-order valence-electron chi connectivity index (χ1n) is 16.4. The lowest BCUT2D eigenvalue weighted by molar-refractivity contribution is -0.117. The zero-order valence-electron chi connectivity index (χ0n) is 26.5. The summed E-state index contributed by atoms with van der Waals surface area (Å²) in [6.07, 6.45) is 8.49. The summed E-state index contributed by atoms with van der Waals surface area (Å²) < 4.78 is 19.4. The summed E-state index contributed by atoms with van der Waals surface area (Å²) in [7, 11) is 0. The SMILES string of the molecule is Cc1nnc(-c2c(CCC34CCC(CC3)OC4)nc3c(c2-c2ccc4c(c2)oc(=O)n4Cc2ccc(C#N)cn2)C(=O)NCCCN3)o1. The normalized spacial score (nSPS) is 20.4. The first kappa shape index (κ1) is 30.0. The Kier molecular flexibility index (Phi) is 7.52. The lowest BCUT2D eigenvalue weighted by Crippen LogP contribution is -2.42. The average molecular weight is 647 g/mol. The number of anilines is 1. The second-order valence-electron chi connectivity index (χ2n) is 13.0. The number of rotatable bonds is 7. The van der Waals surface area contributed by atoms with E-state index in [-0.39, 0.29) is 23.8 Å². The fourth-order valence-corrected chi connectivity index (χ4v) is 7.30. The minimum Gasteiger partial charge on any atom is -0.421 e. The van der Waals surface area contributed by atoms with Crippen molar-refractivity contribution in [3.05, 3.63) is 75.5 Å². The fraction of sp³-hybridized carbons (Fsp3) is 0.400. The van der Waals surface area contributed by atoms with Gasteiger partial charge in [-0.25, -0.2) is 9.78 Å². The standard InChI is InChI=1S/C35H34N8O5/c1-20-41-42-33(47-20)29-25(9-12-35-10-7-24(8-11-35)46-19-35)40-31-30(32(44)38-14-2-13-37-31)28(29)22-4-6-26-27(15-22)48-34(45)43(26)18-23-5-3-21(16-36)17-39-23/h3-6,15,17,24H,2,7-14,18-19H2,1H3,(H,37,40)(H,38,44). The predicted octanol–water partition coefficient (Wildman–Crippen LogP) is 4.77. The number of hydrogen-bond donors (Lipinski definition) is 2. The van der Waals surface area contributed by atoms with E-state index in [4.69, 9.17) is 23.8 Å². The molecule has 0 radical (unpaired) electrons. The van der Waals surface area contributed by atoms with Gasteiger partial charge in [0, 0.05) is 31.8 Å². The quantitative estimate of drug-likeness (QED) is 0.249. The third kappa shape index (κ3) is 5.41. The highest BCUT2D eigenvalue weighted by atomic mass is 16.5. The Labute approximate surface area is 275 Å². The van der Waals surface area contributed by atoms with Gasteiger partial charge in [0.2, 0.25) is 11.8 Å². The van der Waals surface area contributed by atoms with Crippen molar-refractivity contribution < 1.29 is 18.4 Å². The third-order valence-electron chi connectivity index (χ3n) is 9.91. The van der Waals surface area contributed by atoms with Crippen molar-refractivity contribution in [3.63, 3.8) is 0 Å². The third-order valence-corrected chi connectivity index (χ3v) is 9.91. The van der Waals surface area contributed by atoms with E-state index in [9.17, 15) is 9.59 Å². The first-order valence-corrected chi connectivity index (χ1v) is 16.4. The van der Waals surface area contributed by atoms with Crippen molar-refractivity contribution in [1.29, 1.82) is 5.26 Å². The van der Waals surface area contributed by atoms with Crippen LogP contribution in [0.5, 0.6) is 0 Å². The van der Waals surface area contributed by atoms with Crippen molar-refractivity contribution in [2.75, 3.05) is 25.0 Å². The molecule has 1 aromatic carbocycles. The number of aryl methyl sites for hydroxylation is 2. The molecule has 9 rings (SSSR count). The van der Waals surface area contributed by atoms with Crippen LogP contribution in [0.15, 0.2) is 50.2 Å². The van der Waals surface area contributed by atoms with Gasteiger partial charge in [0.15, 0.2) is 5.58 Å². The molecule has 4 aliphatic rings. The van der Waals surface area contributed by atoms with Gasteiger partial charge in [-0.3, -0.25) is 14.3 Å². The number of amides is 1. The number of benzene rings is 1. The van der Waals surface area contributed by atoms with Gasteiger partial charge < -0.3 is 24.2 Å². The number of carbonyl (C=O) groups excluding carboxylic acids is 1. The summed E-state index contributed by atoms with van der Waals surface area (Å²) in [6.45, 7) is 3.78. The summed E-state index contributed by atoms with van der Waals surface area (Å²) in [4.78, 5) is 36.4.